The Balaban J connectivity index is 1.55. The second-order valence-electron chi connectivity index (χ2n) is 5.97. The summed E-state index contributed by atoms with van der Waals surface area (Å²) in [5.74, 6) is 1.26. The van der Waals surface area contributed by atoms with Gasteiger partial charge in [-0.2, -0.15) is 0 Å². The van der Waals surface area contributed by atoms with E-state index in [1.165, 1.54) is 11.8 Å². The molecular weight excluding hydrogens is 419 g/mol. The number of carbonyl (C=O) groups is 1. The maximum absolute atomic E-state index is 12.2. The predicted octanol–water partition coefficient (Wildman–Crippen LogP) is 4.74. The highest BCUT2D eigenvalue weighted by Gasteiger charge is 2.13. The molecule has 0 saturated heterocycles. The van der Waals surface area contributed by atoms with Crippen LogP contribution in [0, 0.1) is 6.92 Å². The number of benzene rings is 2. The topological polar surface area (TPSA) is 69.0 Å². The number of carbonyl (C=O) groups excluding carboxylic acids is 1. The molecule has 1 N–H and O–H groups in total. The SMILES string of the molecule is Cc1ccccc1NC(=O)CSc1nnc(COc2ccc(Cl)cc2Cl)n1C. The number of halogens is 2. The molecule has 2 aromatic carbocycles. The van der Waals surface area contributed by atoms with Crippen molar-refractivity contribution in [1.29, 1.82) is 0 Å². The van der Waals surface area contributed by atoms with Crippen molar-refractivity contribution in [3.05, 3.63) is 63.9 Å². The summed E-state index contributed by atoms with van der Waals surface area (Å²) in [6, 6.07) is 12.7. The molecule has 0 aliphatic heterocycles. The van der Waals surface area contributed by atoms with Gasteiger partial charge in [0.25, 0.3) is 0 Å². The molecule has 1 amide bonds. The van der Waals surface area contributed by atoms with Crippen molar-refractivity contribution in [2.24, 2.45) is 7.05 Å². The van der Waals surface area contributed by atoms with E-state index in [4.69, 9.17) is 27.9 Å². The highest BCUT2D eigenvalue weighted by atomic mass is 35.5. The van der Waals surface area contributed by atoms with Crippen LogP contribution in [0.15, 0.2) is 47.6 Å². The molecule has 9 heteroatoms. The van der Waals surface area contributed by atoms with Crippen LogP contribution in [0.25, 0.3) is 0 Å². The normalized spacial score (nSPS) is 10.7. The minimum Gasteiger partial charge on any atom is -0.484 e. The van der Waals surface area contributed by atoms with Gasteiger partial charge in [0.05, 0.1) is 10.8 Å². The summed E-state index contributed by atoms with van der Waals surface area (Å²) in [4.78, 5) is 12.2. The molecule has 0 fully saturated rings. The number of hydrogen-bond donors (Lipinski definition) is 1. The first-order chi connectivity index (χ1) is 13.4. The average molecular weight is 437 g/mol. The third kappa shape index (κ3) is 5.19. The number of nitrogens with zero attached hydrogens (tertiary/aromatic N) is 3. The first-order valence-corrected chi connectivity index (χ1v) is 10.1. The van der Waals surface area contributed by atoms with E-state index < -0.39 is 0 Å². The Morgan fingerprint density at radius 2 is 2.00 bits per heavy atom. The predicted molar refractivity (Wildman–Crippen MR) is 112 cm³/mol. The summed E-state index contributed by atoms with van der Waals surface area (Å²) in [7, 11) is 1.82. The molecule has 1 heterocycles. The standard InChI is InChI=1S/C19H18Cl2N4O2S/c1-12-5-3-4-6-15(12)22-18(26)11-28-19-24-23-17(25(19)2)10-27-16-8-7-13(20)9-14(16)21/h3-9H,10-11H2,1-2H3,(H,22,26). The van der Waals surface area contributed by atoms with Crippen molar-refractivity contribution in [3.63, 3.8) is 0 Å². The van der Waals surface area contributed by atoms with Gasteiger partial charge < -0.3 is 14.6 Å². The van der Waals surface area contributed by atoms with Gasteiger partial charge in [0.1, 0.15) is 12.4 Å². The van der Waals surface area contributed by atoms with Crippen molar-refractivity contribution >= 4 is 46.6 Å². The van der Waals surface area contributed by atoms with Gasteiger partial charge in [-0.1, -0.05) is 53.2 Å². The Hall–Kier alpha value is -2.22. The fourth-order valence-corrected chi connectivity index (χ4v) is 3.55. The molecule has 0 bridgehead atoms. The third-order valence-corrected chi connectivity index (χ3v) is 5.48. The molecule has 146 valence electrons. The molecule has 6 nitrogen and oxygen atoms in total. The zero-order chi connectivity index (χ0) is 20.1. The van der Waals surface area contributed by atoms with Gasteiger partial charge in [0.2, 0.25) is 5.91 Å². The van der Waals surface area contributed by atoms with Crippen LogP contribution in [0.2, 0.25) is 10.0 Å². The van der Waals surface area contributed by atoms with E-state index in [1.807, 2.05) is 38.2 Å². The first-order valence-electron chi connectivity index (χ1n) is 8.38. The van der Waals surface area contributed by atoms with Crippen LogP contribution in [-0.4, -0.2) is 26.4 Å². The minimum atomic E-state index is -0.104. The van der Waals surface area contributed by atoms with Gasteiger partial charge in [-0.3, -0.25) is 4.79 Å². The molecule has 0 atom stereocenters. The van der Waals surface area contributed by atoms with E-state index in [9.17, 15) is 4.79 Å². The van der Waals surface area contributed by atoms with Crippen LogP contribution in [0.1, 0.15) is 11.4 Å². The fourth-order valence-electron chi connectivity index (χ4n) is 2.36. The van der Waals surface area contributed by atoms with Crippen LogP contribution < -0.4 is 10.1 Å². The Morgan fingerprint density at radius 3 is 2.75 bits per heavy atom. The molecule has 28 heavy (non-hydrogen) atoms. The molecule has 3 aromatic rings. The van der Waals surface area contributed by atoms with E-state index in [0.717, 1.165) is 11.3 Å². The second-order valence-corrected chi connectivity index (χ2v) is 7.76. The number of thioether (sulfide) groups is 1. The quantitative estimate of drug-likeness (QED) is 0.541. The summed E-state index contributed by atoms with van der Waals surface area (Å²) < 4.78 is 7.47. The maximum atomic E-state index is 12.2. The van der Waals surface area contributed by atoms with Crippen molar-refractivity contribution in [3.8, 4) is 5.75 Å². The number of aryl methyl sites for hydroxylation is 1. The molecule has 3 rings (SSSR count). The number of rotatable bonds is 7. The van der Waals surface area contributed by atoms with Gasteiger partial charge in [-0.15, -0.1) is 10.2 Å². The largest absolute Gasteiger partial charge is 0.484 e. The lowest BCUT2D eigenvalue weighted by molar-refractivity contribution is -0.113. The fraction of sp³-hybridized carbons (Fsp3) is 0.211. The van der Waals surface area contributed by atoms with Crippen LogP contribution in [0.3, 0.4) is 0 Å². The smallest absolute Gasteiger partial charge is 0.234 e. The first kappa shape index (κ1) is 20.5. The van der Waals surface area contributed by atoms with Gasteiger partial charge in [0, 0.05) is 17.8 Å². The Kier molecular flexibility index (Phi) is 6.83. The van der Waals surface area contributed by atoms with Crippen molar-refractivity contribution < 1.29 is 9.53 Å². The summed E-state index contributed by atoms with van der Waals surface area (Å²) in [6.07, 6.45) is 0. The summed E-state index contributed by atoms with van der Waals surface area (Å²) in [5, 5.41) is 12.7. The highest BCUT2D eigenvalue weighted by molar-refractivity contribution is 7.99. The Labute approximate surface area is 177 Å². The number of ether oxygens (including phenoxy) is 1. The van der Waals surface area contributed by atoms with E-state index in [1.54, 1.807) is 22.8 Å². The molecule has 0 saturated carbocycles. The van der Waals surface area contributed by atoms with Crippen molar-refractivity contribution in [2.45, 2.75) is 18.7 Å². The van der Waals surface area contributed by atoms with Crippen LogP contribution in [0.4, 0.5) is 5.69 Å². The summed E-state index contributed by atoms with van der Waals surface area (Å²) in [6.45, 7) is 2.14. The summed E-state index contributed by atoms with van der Waals surface area (Å²) in [5.41, 5.74) is 1.82. The van der Waals surface area contributed by atoms with E-state index >= 15 is 0 Å². The van der Waals surface area contributed by atoms with Crippen molar-refractivity contribution in [2.75, 3.05) is 11.1 Å². The third-order valence-electron chi connectivity index (χ3n) is 3.93. The monoisotopic (exact) mass is 436 g/mol. The molecule has 0 aliphatic rings. The highest BCUT2D eigenvalue weighted by Crippen LogP contribution is 2.28. The number of para-hydroxylation sites is 1. The molecule has 0 radical (unpaired) electrons. The van der Waals surface area contributed by atoms with Gasteiger partial charge in [0.15, 0.2) is 11.0 Å². The van der Waals surface area contributed by atoms with Crippen LogP contribution in [-0.2, 0) is 18.4 Å². The lowest BCUT2D eigenvalue weighted by Crippen LogP contribution is -2.15. The summed E-state index contributed by atoms with van der Waals surface area (Å²) >= 11 is 13.3. The number of hydrogen-bond acceptors (Lipinski definition) is 5. The molecular formula is C19H18Cl2N4O2S. The maximum Gasteiger partial charge on any atom is 0.234 e. The van der Waals surface area contributed by atoms with E-state index in [0.29, 0.717) is 26.8 Å². The lowest BCUT2D eigenvalue weighted by Gasteiger charge is -2.09. The zero-order valence-corrected chi connectivity index (χ0v) is 17.6. The molecule has 0 spiro atoms. The number of nitrogens with one attached hydrogen (secondary N) is 1. The number of amides is 1. The van der Waals surface area contributed by atoms with Crippen LogP contribution >= 0.6 is 35.0 Å². The van der Waals surface area contributed by atoms with E-state index in [-0.39, 0.29) is 18.3 Å². The van der Waals surface area contributed by atoms with Crippen molar-refractivity contribution in [1.82, 2.24) is 14.8 Å². The number of anilines is 1. The van der Waals surface area contributed by atoms with Crippen LogP contribution in [0.5, 0.6) is 5.75 Å². The zero-order valence-electron chi connectivity index (χ0n) is 15.3. The van der Waals surface area contributed by atoms with Gasteiger partial charge in [-0.25, -0.2) is 0 Å². The van der Waals surface area contributed by atoms with E-state index in [2.05, 4.69) is 15.5 Å². The second kappa shape index (κ2) is 9.32. The molecule has 0 aliphatic carbocycles. The minimum absolute atomic E-state index is 0.104. The molecule has 1 aromatic heterocycles. The van der Waals surface area contributed by atoms with Gasteiger partial charge in [-0.05, 0) is 36.8 Å². The lowest BCUT2D eigenvalue weighted by atomic mass is 10.2. The number of aromatic nitrogens is 3. The van der Waals surface area contributed by atoms with Gasteiger partial charge >= 0.3 is 0 Å². The Morgan fingerprint density at radius 1 is 1.21 bits per heavy atom. The average Bonchev–Trinajstić information content (AvgIpc) is 3.01. The molecule has 0 unspecified atom stereocenters. The Bertz CT molecular complexity index is 994.